The third kappa shape index (κ3) is 4.84. The second kappa shape index (κ2) is 8.00. The number of aromatic nitrogens is 2. The van der Waals surface area contributed by atoms with Crippen molar-refractivity contribution in [2.75, 3.05) is 23.9 Å². The molecule has 3 amide bonds. The van der Waals surface area contributed by atoms with E-state index in [1.165, 1.54) is 11.0 Å². The Morgan fingerprint density at radius 3 is 2.65 bits per heavy atom. The second-order valence-corrected chi connectivity index (χ2v) is 7.67. The number of nitrogen functional groups attached to an aromatic ring is 1. The molecule has 4 N–H and O–H groups in total. The van der Waals surface area contributed by atoms with Crippen molar-refractivity contribution in [2.45, 2.75) is 31.6 Å². The molecule has 12 heteroatoms. The van der Waals surface area contributed by atoms with Crippen LogP contribution in [0.5, 0.6) is 0 Å². The summed E-state index contributed by atoms with van der Waals surface area (Å²) in [5.74, 6) is -1.14. The minimum absolute atomic E-state index is 0.0166. The molecule has 1 atom stereocenters. The van der Waals surface area contributed by atoms with Crippen molar-refractivity contribution < 1.29 is 27.2 Å². The highest BCUT2D eigenvalue weighted by Crippen LogP contribution is 2.31. The molecule has 1 unspecified atom stereocenters. The Morgan fingerprint density at radius 2 is 2.10 bits per heavy atom. The SMILES string of the molecule is CC1(C)CN(c2ncc(C(=O)NC(CF)c3cccc(C(F)(F)F)c3)c(N)n2)C(=O)N1. The monoisotopic (exact) mass is 440 g/mol. The first-order chi connectivity index (χ1) is 14.4. The van der Waals surface area contributed by atoms with E-state index in [9.17, 15) is 27.2 Å². The molecule has 0 saturated carbocycles. The number of urea groups is 1. The van der Waals surface area contributed by atoms with Crippen LogP contribution in [0.3, 0.4) is 0 Å². The number of anilines is 2. The van der Waals surface area contributed by atoms with Crippen LogP contribution in [-0.2, 0) is 6.18 Å². The lowest BCUT2D eigenvalue weighted by atomic mass is 10.0. The summed E-state index contributed by atoms with van der Waals surface area (Å²) in [7, 11) is 0. The highest BCUT2D eigenvalue weighted by Gasteiger charge is 2.37. The highest BCUT2D eigenvalue weighted by atomic mass is 19.4. The van der Waals surface area contributed by atoms with Gasteiger partial charge in [0.25, 0.3) is 5.91 Å². The zero-order valence-corrected chi connectivity index (χ0v) is 16.6. The maximum atomic E-state index is 13.5. The predicted molar refractivity (Wildman–Crippen MR) is 104 cm³/mol. The van der Waals surface area contributed by atoms with E-state index < -0.39 is 41.9 Å². The molecule has 0 radical (unpaired) electrons. The van der Waals surface area contributed by atoms with E-state index in [4.69, 9.17) is 5.73 Å². The molecule has 1 aliphatic heterocycles. The summed E-state index contributed by atoms with van der Waals surface area (Å²) in [5, 5.41) is 5.03. The van der Waals surface area contributed by atoms with E-state index in [-0.39, 0.29) is 29.4 Å². The lowest BCUT2D eigenvalue weighted by Crippen LogP contribution is -2.36. The topological polar surface area (TPSA) is 113 Å². The van der Waals surface area contributed by atoms with Gasteiger partial charge >= 0.3 is 12.2 Å². The smallest absolute Gasteiger partial charge is 0.383 e. The minimum Gasteiger partial charge on any atom is -0.383 e. The molecule has 8 nitrogen and oxygen atoms in total. The number of halogens is 4. The van der Waals surface area contributed by atoms with Crippen molar-refractivity contribution in [3.63, 3.8) is 0 Å². The summed E-state index contributed by atoms with van der Waals surface area (Å²) < 4.78 is 52.3. The molecule has 1 aliphatic rings. The molecule has 1 fully saturated rings. The number of nitrogens with zero attached hydrogens (tertiary/aromatic N) is 3. The van der Waals surface area contributed by atoms with Crippen molar-refractivity contribution in [3.05, 3.63) is 47.2 Å². The Bertz CT molecular complexity index is 1010. The van der Waals surface area contributed by atoms with Gasteiger partial charge in [0.2, 0.25) is 5.95 Å². The van der Waals surface area contributed by atoms with Gasteiger partial charge in [-0.05, 0) is 31.5 Å². The summed E-state index contributed by atoms with van der Waals surface area (Å²) in [4.78, 5) is 33.8. The number of benzene rings is 1. The third-order valence-corrected chi connectivity index (χ3v) is 4.61. The summed E-state index contributed by atoms with van der Waals surface area (Å²) >= 11 is 0. The number of nitrogens with two attached hydrogens (primary N) is 1. The van der Waals surface area contributed by atoms with Gasteiger partial charge in [-0.15, -0.1) is 0 Å². The maximum absolute atomic E-state index is 13.5. The fraction of sp³-hybridized carbons (Fsp3) is 0.368. The number of carbonyl (C=O) groups is 2. The van der Waals surface area contributed by atoms with Crippen LogP contribution in [0, 0.1) is 0 Å². The first-order valence-electron chi connectivity index (χ1n) is 9.17. The number of nitrogens with one attached hydrogen (secondary N) is 2. The summed E-state index contributed by atoms with van der Waals surface area (Å²) in [6.07, 6.45) is -3.53. The molecule has 1 aromatic heterocycles. The highest BCUT2D eigenvalue weighted by molar-refractivity contribution is 5.99. The number of hydrogen-bond donors (Lipinski definition) is 3. The van der Waals surface area contributed by atoms with Gasteiger partial charge in [-0.1, -0.05) is 12.1 Å². The Balaban J connectivity index is 1.79. The molecular formula is C19H20F4N6O2. The summed E-state index contributed by atoms with van der Waals surface area (Å²) in [5.41, 5.74) is 4.10. The van der Waals surface area contributed by atoms with Crippen LogP contribution in [0.25, 0.3) is 0 Å². The summed E-state index contributed by atoms with van der Waals surface area (Å²) in [6.45, 7) is 2.74. The normalized spacial score (nSPS) is 16.7. The van der Waals surface area contributed by atoms with Crippen molar-refractivity contribution >= 4 is 23.7 Å². The van der Waals surface area contributed by atoms with Crippen LogP contribution >= 0.6 is 0 Å². The second-order valence-electron chi connectivity index (χ2n) is 7.67. The van der Waals surface area contributed by atoms with Gasteiger partial charge in [0.15, 0.2) is 0 Å². The van der Waals surface area contributed by atoms with Crippen LogP contribution < -0.4 is 21.3 Å². The van der Waals surface area contributed by atoms with E-state index in [2.05, 4.69) is 20.6 Å². The van der Waals surface area contributed by atoms with E-state index in [0.717, 1.165) is 24.4 Å². The van der Waals surface area contributed by atoms with E-state index in [1.807, 2.05) is 0 Å². The number of rotatable bonds is 5. The average molecular weight is 440 g/mol. The molecule has 2 aromatic rings. The molecular weight excluding hydrogens is 420 g/mol. The van der Waals surface area contributed by atoms with Crippen LogP contribution in [-0.4, -0.2) is 40.7 Å². The number of alkyl halides is 4. The molecule has 1 saturated heterocycles. The molecule has 0 bridgehead atoms. The molecule has 1 aromatic carbocycles. The Labute approximate surface area is 174 Å². The zero-order chi connectivity index (χ0) is 23.0. The molecule has 0 aliphatic carbocycles. The molecule has 3 rings (SSSR count). The average Bonchev–Trinajstić information content (AvgIpc) is 2.97. The molecule has 0 spiro atoms. The van der Waals surface area contributed by atoms with Gasteiger partial charge in [0.05, 0.1) is 29.3 Å². The Morgan fingerprint density at radius 1 is 1.39 bits per heavy atom. The Hall–Kier alpha value is -3.44. The van der Waals surface area contributed by atoms with Crippen LogP contribution in [0.15, 0.2) is 30.5 Å². The van der Waals surface area contributed by atoms with Gasteiger partial charge < -0.3 is 16.4 Å². The first-order valence-corrected chi connectivity index (χ1v) is 9.17. The van der Waals surface area contributed by atoms with E-state index in [1.54, 1.807) is 13.8 Å². The van der Waals surface area contributed by atoms with Gasteiger partial charge in [-0.25, -0.2) is 14.2 Å². The number of amides is 3. The van der Waals surface area contributed by atoms with Crippen molar-refractivity contribution in [2.24, 2.45) is 0 Å². The van der Waals surface area contributed by atoms with E-state index >= 15 is 0 Å². The van der Waals surface area contributed by atoms with Crippen molar-refractivity contribution in [1.29, 1.82) is 0 Å². The lowest BCUT2D eigenvalue weighted by molar-refractivity contribution is -0.137. The van der Waals surface area contributed by atoms with Gasteiger partial charge in [-0.3, -0.25) is 9.69 Å². The minimum atomic E-state index is -4.61. The van der Waals surface area contributed by atoms with Gasteiger partial charge in [0, 0.05) is 6.20 Å². The molecule has 166 valence electrons. The lowest BCUT2D eigenvalue weighted by Gasteiger charge is -2.19. The molecule has 31 heavy (non-hydrogen) atoms. The standard InChI is InChI=1S/C19H20F4N6O2/c1-18(2)9-29(17(31)28-18)16-25-8-12(14(24)27-16)15(30)26-13(7-20)10-4-3-5-11(6-10)19(21,22)23/h3-6,8,13H,7,9H2,1-2H3,(H,26,30)(H,28,31)(H2,24,25,27). The molecule has 2 heterocycles. The van der Waals surface area contributed by atoms with Crippen LogP contribution in [0.2, 0.25) is 0 Å². The summed E-state index contributed by atoms with van der Waals surface area (Å²) in [6, 6.07) is 2.25. The Kier molecular flexibility index (Phi) is 5.74. The maximum Gasteiger partial charge on any atom is 0.416 e. The first kappa shape index (κ1) is 22.2. The van der Waals surface area contributed by atoms with Crippen molar-refractivity contribution in [1.82, 2.24) is 20.6 Å². The fourth-order valence-electron chi connectivity index (χ4n) is 3.09. The number of hydrogen-bond acceptors (Lipinski definition) is 5. The predicted octanol–water partition coefficient (Wildman–Crippen LogP) is 2.83. The fourth-order valence-corrected chi connectivity index (χ4v) is 3.09. The van der Waals surface area contributed by atoms with Crippen molar-refractivity contribution in [3.8, 4) is 0 Å². The quantitative estimate of drug-likeness (QED) is 0.619. The number of carbonyl (C=O) groups excluding carboxylic acids is 2. The largest absolute Gasteiger partial charge is 0.416 e. The van der Waals surface area contributed by atoms with Gasteiger partial charge in [-0.2, -0.15) is 18.2 Å². The van der Waals surface area contributed by atoms with Crippen LogP contribution in [0.4, 0.5) is 34.1 Å². The van der Waals surface area contributed by atoms with Crippen LogP contribution in [0.1, 0.15) is 41.4 Å². The van der Waals surface area contributed by atoms with Gasteiger partial charge in [0.1, 0.15) is 12.5 Å². The third-order valence-electron chi connectivity index (χ3n) is 4.61. The zero-order valence-electron chi connectivity index (χ0n) is 16.6. The van der Waals surface area contributed by atoms with E-state index in [0.29, 0.717) is 0 Å².